The van der Waals surface area contributed by atoms with Crippen LogP contribution in [0.5, 0.6) is 5.75 Å². The maximum atomic E-state index is 6.08. The van der Waals surface area contributed by atoms with E-state index < -0.39 is 0 Å². The molecule has 1 aliphatic rings. The van der Waals surface area contributed by atoms with Crippen molar-refractivity contribution in [3.63, 3.8) is 0 Å². The third-order valence-electron chi connectivity index (χ3n) is 4.61. The van der Waals surface area contributed by atoms with Crippen LogP contribution >= 0.6 is 11.6 Å². The highest BCUT2D eigenvalue weighted by Crippen LogP contribution is 2.34. The Morgan fingerprint density at radius 2 is 2.25 bits per heavy atom. The summed E-state index contributed by atoms with van der Waals surface area (Å²) in [4.78, 5) is 4.66. The maximum Gasteiger partial charge on any atom is 0.124 e. The van der Waals surface area contributed by atoms with Gasteiger partial charge in [0.15, 0.2) is 0 Å². The fourth-order valence-electron chi connectivity index (χ4n) is 3.32. The molecule has 0 aliphatic heterocycles. The van der Waals surface area contributed by atoms with E-state index in [1.807, 2.05) is 12.1 Å². The summed E-state index contributed by atoms with van der Waals surface area (Å²) in [6.07, 6.45) is 4.02. The van der Waals surface area contributed by atoms with Crippen molar-refractivity contribution < 1.29 is 4.74 Å². The number of alkyl halides is 1. The quantitative estimate of drug-likeness (QED) is 0.789. The molecule has 1 aliphatic carbocycles. The Labute approximate surface area is 124 Å². The van der Waals surface area contributed by atoms with Crippen LogP contribution in [-0.2, 0) is 12.4 Å². The fourth-order valence-corrected chi connectivity index (χ4v) is 3.52. The molecular weight excluding hydrogens is 272 g/mol. The topological polar surface area (TPSA) is 27.1 Å². The van der Waals surface area contributed by atoms with Gasteiger partial charge in [-0.15, -0.1) is 11.6 Å². The summed E-state index contributed by atoms with van der Waals surface area (Å²) in [5, 5.41) is 0. The van der Waals surface area contributed by atoms with Gasteiger partial charge >= 0.3 is 0 Å². The lowest BCUT2D eigenvalue weighted by Gasteiger charge is -2.18. The summed E-state index contributed by atoms with van der Waals surface area (Å²) >= 11 is 6.08. The van der Waals surface area contributed by atoms with Crippen molar-refractivity contribution in [3.05, 3.63) is 24.0 Å². The maximum absolute atomic E-state index is 6.08. The molecule has 1 aromatic carbocycles. The van der Waals surface area contributed by atoms with Crippen LogP contribution in [0.25, 0.3) is 11.0 Å². The average molecular weight is 293 g/mol. The third kappa shape index (κ3) is 2.39. The van der Waals surface area contributed by atoms with Crippen LogP contribution < -0.4 is 4.74 Å². The monoisotopic (exact) mass is 292 g/mol. The van der Waals surface area contributed by atoms with Gasteiger partial charge in [-0.2, -0.15) is 0 Å². The molecule has 1 heterocycles. The molecule has 2 unspecified atom stereocenters. The summed E-state index contributed by atoms with van der Waals surface area (Å²) in [5.74, 6) is 3.81. The van der Waals surface area contributed by atoms with Gasteiger partial charge in [0, 0.05) is 12.6 Å². The van der Waals surface area contributed by atoms with E-state index >= 15 is 0 Å². The first-order chi connectivity index (χ1) is 9.72. The number of imidazole rings is 1. The second kappa shape index (κ2) is 5.65. The van der Waals surface area contributed by atoms with Crippen LogP contribution in [-0.4, -0.2) is 16.7 Å². The van der Waals surface area contributed by atoms with Gasteiger partial charge in [-0.25, -0.2) is 4.98 Å². The van der Waals surface area contributed by atoms with Gasteiger partial charge in [-0.1, -0.05) is 19.8 Å². The molecule has 3 nitrogen and oxygen atoms in total. The van der Waals surface area contributed by atoms with E-state index in [4.69, 9.17) is 16.3 Å². The van der Waals surface area contributed by atoms with E-state index in [0.717, 1.165) is 35.5 Å². The molecule has 2 aromatic rings. The lowest BCUT2D eigenvalue weighted by molar-refractivity contribution is 0.364. The number of rotatable bonds is 4. The first kappa shape index (κ1) is 13.7. The molecule has 1 fully saturated rings. The summed E-state index contributed by atoms with van der Waals surface area (Å²) in [7, 11) is 1.68. The Morgan fingerprint density at radius 1 is 1.40 bits per heavy atom. The Kier molecular flexibility index (Phi) is 3.88. The molecule has 0 N–H and O–H groups in total. The molecule has 0 amide bonds. The zero-order chi connectivity index (χ0) is 14.1. The molecular formula is C16H21ClN2O. The summed E-state index contributed by atoms with van der Waals surface area (Å²) < 4.78 is 7.57. The SMILES string of the molecule is COc1ccc2c(c1)nc(CCl)n2CC1CCCC1C. The highest BCUT2D eigenvalue weighted by Gasteiger charge is 2.25. The Balaban J connectivity index is 1.99. The predicted molar refractivity (Wildman–Crippen MR) is 82.3 cm³/mol. The first-order valence-corrected chi connectivity index (χ1v) is 7.85. The first-order valence-electron chi connectivity index (χ1n) is 7.32. The third-order valence-corrected chi connectivity index (χ3v) is 4.85. The molecule has 0 radical (unpaired) electrons. The lowest BCUT2D eigenvalue weighted by atomic mass is 9.98. The van der Waals surface area contributed by atoms with E-state index in [-0.39, 0.29) is 0 Å². The normalized spacial score (nSPS) is 22.6. The van der Waals surface area contributed by atoms with Crippen LogP contribution in [0.3, 0.4) is 0 Å². The van der Waals surface area contributed by atoms with Crippen LogP contribution in [0.4, 0.5) is 0 Å². The Bertz CT molecular complexity index is 608. The Hall–Kier alpha value is -1.22. The number of benzene rings is 1. The number of hydrogen-bond donors (Lipinski definition) is 0. The molecule has 1 aromatic heterocycles. The molecule has 3 rings (SSSR count). The number of aromatic nitrogens is 2. The average Bonchev–Trinajstić information content (AvgIpc) is 3.03. The smallest absolute Gasteiger partial charge is 0.124 e. The zero-order valence-electron chi connectivity index (χ0n) is 12.1. The van der Waals surface area contributed by atoms with Crippen molar-refractivity contribution in [2.24, 2.45) is 11.8 Å². The molecule has 20 heavy (non-hydrogen) atoms. The minimum absolute atomic E-state index is 0.456. The van der Waals surface area contributed by atoms with Gasteiger partial charge in [0.2, 0.25) is 0 Å². The van der Waals surface area contributed by atoms with E-state index in [0.29, 0.717) is 5.88 Å². The highest BCUT2D eigenvalue weighted by molar-refractivity contribution is 6.16. The van der Waals surface area contributed by atoms with Crippen LogP contribution in [0.2, 0.25) is 0 Å². The summed E-state index contributed by atoms with van der Waals surface area (Å²) in [6, 6.07) is 6.08. The fraction of sp³-hybridized carbons (Fsp3) is 0.562. The minimum atomic E-state index is 0.456. The van der Waals surface area contributed by atoms with E-state index in [2.05, 4.69) is 22.5 Å². The van der Waals surface area contributed by atoms with Gasteiger partial charge < -0.3 is 9.30 Å². The van der Waals surface area contributed by atoms with Crippen LogP contribution in [0.1, 0.15) is 32.0 Å². The number of hydrogen-bond acceptors (Lipinski definition) is 2. The number of nitrogens with zero attached hydrogens (tertiary/aromatic N) is 2. The van der Waals surface area contributed by atoms with Crippen molar-refractivity contribution >= 4 is 22.6 Å². The van der Waals surface area contributed by atoms with Crippen molar-refractivity contribution in [3.8, 4) is 5.75 Å². The van der Waals surface area contributed by atoms with E-state index in [1.165, 1.54) is 24.8 Å². The summed E-state index contributed by atoms with van der Waals surface area (Å²) in [6.45, 7) is 3.40. The number of methoxy groups -OCH3 is 1. The number of fused-ring (bicyclic) bond motifs is 1. The van der Waals surface area contributed by atoms with Gasteiger partial charge in [0.1, 0.15) is 11.6 Å². The largest absolute Gasteiger partial charge is 0.497 e. The Morgan fingerprint density at radius 3 is 2.90 bits per heavy atom. The van der Waals surface area contributed by atoms with Gasteiger partial charge in [0.05, 0.1) is 24.0 Å². The summed E-state index contributed by atoms with van der Waals surface area (Å²) in [5.41, 5.74) is 2.14. The standard InChI is InChI=1S/C16H21ClN2O/c1-11-4-3-5-12(11)10-19-15-7-6-13(20-2)8-14(15)18-16(19)9-17/h6-8,11-12H,3-5,9-10H2,1-2H3. The van der Waals surface area contributed by atoms with E-state index in [9.17, 15) is 0 Å². The number of halogens is 1. The second-order valence-corrected chi connectivity index (χ2v) is 6.06. The molecule has 0 saturated heterocycles. The second-order valence-electron chi connectivity index (χ2n) is 5.80. The van der Waals surface area contributed by atoms with Crippen molar-refractivity contribution in [2.45, 2.75) is 38.6 Å². The van der Waals surface area contributed by atoms with Crippen LogP contribution in [0, 0.1) is 11.8 Å². The highest BCUT2D eigenvalue weighted by atomic mass is 35.5. The molecule has 0 bridgehead atoms. The molecule has 4 heteroatoms. The molecule has 2 atom stereocenters. The molecule has 108 valence electrons. The molecule has 0 spiro atoms. The van der Waals surface area contributed by atoms with Gasteiger partial charge in [-0.3, -0.25) is 0 Å². The van der Waals surface area contributed by atoms with Crippen molar-refractivity contribution in [1.29, 1.82) is 0 Å². The molecule has 1 saturated carbocycles. The van der Waals surface area contributed by atoms with Gasteiger partial charge in [0.25, 0.3) is 0 Å². The minimum Gasteiger partial charge on any atom is -0.497 e. The van der Waals surface area contributed by atoms with Gasteiger partial charge in [-0.05, 0) is 30.4 Å². The van der Waals surface area contributed by atoms with E-state index in [1.54, 1.807) is 7.11 Å². The van der Waals surface area contributed by atoms with Crippen molar-refractivity contribution in [1.82, 2.24) is 9.55 Å². The lowest BCUT2D eigenvalue weighted by Crippen LogP contribution is -2.14. The van der Waals surface area contributed by atoms with Crippen LogP contribution in [0.15, 0.2) is 18.2 Å². The zero-order valence-corrected chi connectivity index (χ0v) is 12.9. The number of ether oxygens (including phenoxy) is 1. The predicted octanol–water partition coefficient (Wildman–Crippen LogP) is 4.22. The van der Waals surface area contributed by atoms with Crippen molar-refractivity contribution in [2.75, 3.05) is 7.11 Å².